The molecule has 1 saturated heterocycles. The van der Waals surface area contributed by atoms with E-state index >= 15 is 0 Å². The molecule has 8 heteroatoms. The van der Waals surface area contributed by atoms with Gasteiger partial charge in [0.15, 0.2) is 0 Å². The lowest BCUT2D eigenvalue weighted by molar-refractivity contribution is -0.141. The molecule has 0 unspecified atom stereocenters. The molecule has 1 heterocycles. The van der Waals surface area contributed by atoms with Gasteiger partial charge >= 0.3 is 0 Å². The highest BCUT2D eigenvalue weighted by molar-refractivity contribution is 6.01. The summed E-state index contributed by atoms with van der Waals surface area (Å²) in [7, 11) is 1.63. The van der Waals surface area contributed by atoms with E-state index in [-0.39, 0.29) is 17.7 Å². The van der Waals surface area contributed by atoms with Crippen LogP contribution in [-0.4, -0.2) is 73.2 Å². The van der Waals surface area contributed by atoms with Crippen molar-refractivity contribution in [2.45, 2.75) is 59.6 Å². The number of rotatable bonds is 13. The minimum atomic E-state index is -0.543. The first kappa shape index (κ1) is 26.6. The number of oxime groups is 1. The molecule has 1 aromatic carbocycles. The minimum Gasteiger partial charge on any atom is -0.497 e. The van der Waals surface area contributed by atoms with Crippen molar-refractivity contribution in [3.05, 3.63) is 29.8 Å². The van der Waals surface area contributed by atoms with Gasteiger partial charge in [-0.1, -0.05) is 45.0 Å². The van der Waals surface area contributed by atoms with Gasteiger partial charge in [-0.2, -0.15) is 0 Å². The van der Waals surface area contributed by atoms with Crippen molar-refractivity contribution < 1.29 is 19.2 Å². The van der Waals surface area contributed by atoms with Crippen molar-refractivity contribution in [2.24, 2.45) is 11.1 Å². The molecule has 0 aliphatic carbocycles. The zero-order valence-electron chi connectivity index (χ0n) is 20.8. The van der Waals surface area contributed by atoms with Gasteiger partial charge in [0, 0.05) is 25.4 Å². The molecule has 1 atom stereocenters. The summed E-state index contributed by atoms with van der Waals surface area (Å²) in [6.45, 7) is 12.1. The number of nitrogens with one attached hydrogen (secondary N) is 1. The quantitative estimate of drug-likeness (QED) is 0.458. The first-order valence-electron chi connectivity index (χ1n) is 12.1. The van der Waals surface area contributed by atoms with E-state index in [4.69, 9.17) is 9.57 Å². The van der Waals surface area contributed by atoms with Crippen LogP contribution >= 0.6 is 0 Å². The van der Waals surface area contributed by atoms with Crippen LogP contribution in [0, 0.1) is 5.92 Å². The minimum absolute atomic E-state index is 0.0178. The van der Waals surface area contributed by atoms with Gasteiger partial charge in [0.1, 0.15) is 18.4 Å². The molecule has 0 aromatic heterocycles. The molecule has 0 saturated carbocycles. The summed E-state index contributed by atoms with van der Waals surface area (Å²) in [6.07, 6.45) is 1.90. The molecule has 1 fully saturated rings. The van der Waals surface area contributed by atoms with Crippen molar-refractivity contribution in [3.63, 3.8) is 0 Å². The van der Waals surface area contributed by atoms with Gasteiger partial charge in [-0.15, -0.1) is 0 Å². The van der Waals surface area contributed by atoms with Gasteiger partial charge in [0.05, 0.1) is 19.4 Å². The predicted octanol–water partition coefficient (Wildman–Crippen LogP) is 3.06. The molecule has 0 spiro atoms. The second-order valence-corrected chi connectivity index (χ2v) is 8.30. The Morgan fingerprint density at radius 2 is 1.82 bits per heavy atom. The third-order valence-electron chi connectivity index (χ3n) is 6.28. The normalized spacial score (nSPS) is 17.1. The molecular formula is C25H40N4O4. The summed E-state index contributed by atoms with van der Waals surface area (Å²) in [4.78, 5) is 35.6. The highest BCUT2D eigenvalue weighted by atomic mass is 16.6. The number of methoxy groups -OCH3 is 1. The molecule has 8 nitrogen and oxygen atoms in total. The second-order valence-electron chi connectivity index (χ2n) is 8.30. The fourth-order valence-corrected chi connectivity index (χ4v) is 4.02. The highest BCUT2D eigenvalue weighted by Crippen LogP contribution is 2.22. The zero-order valence-corrected chi connectivity index (χ0v) is 20.8. The Balaban J connectivity index is 2.03. The summed E-state index contributed by atoms with van der Waals surface area (Å²) in [5.74, 6) is 0.591. The molecule has 184 valence electrons. The Labute approximate surface area is 198 Å². The molecule has 1 N–H and O–H groups in total. The first-order valence-corrected chi connectivity index (χ1v) is 12.1. The molecule has 0 radical (unpaired) electrons. The van der Waals surface area contributed by atoms with E-state index in [1.165, 1.54) is 0 Å². The Kier molecular flexibility index (Phi) is 11.2. The SMILES string of the molecule is CCC(CC)C(=O)N1C/C(=N/OCc2ccc(OC)cc2)C[C@H]1C(=O)NCCN(CC)CC. The Bertz CT molecular complexity index is 773. The van der Waals surface area contributed by atoms with Gasteiger partial charge in [0.2, 0.25) is 11.8 Å². The number of ether oxygens (including phenoxy) is 1. The number of hydrogen-bond donors (Lipinski definition) is 1. The first-order chi connectivity index (χ1) is 16.0. The molecule has 2 rings (SSSR count). The number of amides is 2. The van der Waals surface area contributed by atoms with Crippen molar-refractivity contribution in [1.82, 2.24) is 15.1 Å². The number of carbonyl (C=O) groups excluding carboxylic acids is 2. The van der Waals surface area contributed by atoms with E-state index in [9.17, 15) is 9.59 Å². The predicted molar refractivity (Wildman–Crippen MR) is 130 cm³/mol. The van der Waals surface area contributed by atoms with E-state index in [1.807, 2.05) is 38.1 Å². The van der Waals surface area contributed by atoms with Crippen LogP contribution in [0.5, 0.6) is 5.75 Å². The number of likely N-dealkylation sites (N-methyl/N-ethyl adjacent to an activating group) is 1. The van der Waals surface area contributed by atoms with Crippen LogP contribution in [0.2, 0.25) is 0 Å². The van der Waals surface area contributed by atoms with Gasteiger partial charge in [-0.05, 0) is 43.6 Å². The number of benzene rings is 1. The zero-order chi connectivity index (χ0) is 24.2. The van der Waals surface area contributed by atoms with Crippen LogP contribution in [0.3, 0.4) is 0 Å². The summed E-state index contributed by atoms with van der Waals surface area (Å²) in [6, 6.07) is 7.04. The second kappa shape index (κ2) is 13.8. The summed E-state index contributed by atoms with van der Waals surface area (Å²) in [5.41, 5.74) is 1.68. The highest BCUT2D eigenvalue weighted by Gasteiger charge is 2.39. The monoisotopic (exact) mass is 460 g/mol. The summed E-state index contributed by atoms with van der Waals surface area (Å²) >= 11 is 0. The van der Waals surface area contributed by atoms with Crippen molar-refractivity contribution >= 4 is 17.5 Å². The van der Waals surface area contributed by atoms with E-state index in [0.717, 1.165) is 43.8 Å². The maximum atomic E-state index is 13.1. The molecule has 1 aromatic rings. The molecule has 1 aliphatic rings. The molecule has 1 aliphatic heterocycles. The van der Waals surface area contributed by atoms with Gasteiger partial charge < -0.3 is 24.7 Å². The van der Waals surface area contributed by atoms with Crippen molar-refractivity contribution in [2.75, 3.05) is 39.8 Å². The van der Waals surface area contributed by atoms with E-state index < -0.39 is 6.04 Å². The smallest absolute Gasteiger partial charge is 0.243 e. The third-order valence-corrected chi connectivity index (χ3v) is 6.28. The van der Waals surface area contributed by atoms with Gasteiger partial charge in [0.25, 0.3) is 0 Å². The van der Waals surface area contributed by atoms with Crippen LogP contribution in [0.1, 0.15) is 52.5 Å². The fourth-order valence-electron chi connectivity index (χ4n) is 4.02. The van der Waals surface area contributed by atoms with Crippen molar-refractivity contribution in [3.8, 4) is 5.75 Å². The third kappa shape index (κ3) is 7.74. The fraction of sp³-hybridized carbons (Fsp3) is 0.640. The number of nitrogens with zero attached hydrogens (tertiary/aromatic N) is 3. The van der Waals surface area contributed by atoms with Gasteiger partial charge in [-0.3, -0.25) is 9.59 Å². The average molecular weight is 461 g/mol. The van der Waals surface area contributed by atoms with E-state index in [0.29, 0.717) is 31.8 Å². The summed E-state index contributed by atoms with van der Waals surface area (Å²) in [5, 5.41) is 7.29. The molecule has 33 heavy (non-hydrogen) atoms. The number of hydrogen-bond acceptors (Lipinski definition) is 6. The number of carbonyl (C=O) groups is 2. The van der Waals surface area contributed by atoms with Crippen LogP contribution in [0.25, 0.3) is 0 Å². The lowest BCUT2D eigenvalue weighted by atomic mass is 10.0. The van der Waals surface area contributed by atoms with Crippen LogP contribution in [-0.2, 0) is 21.0 Å². The van der Waals surface area contributed by atoms with Crippen LogP contribution < -0.4 is 10.1 Å². The molecular weight excluding hydrogens is 420 g/mol. The standard InChI is InChI=1S/C25H40N4O4/c1-6-20(7-2)25(31)29-17-21(27-33-18-19-10-12-22(32-5)13-11-19)16-23(29)24(30)26-14-15-28(8-3)9-4/h10-13,20,23H,6-9,14-18H2,1-5H3,(H,26,30)/b27-21+/t23-/m0/s1. The maximum absolute atomic E-state index is 13.1. The average Bonchev–Trinajstić information content (AvgIpc) is 3.27. The summed E-state index contributed by atoms with van der Waals surface area (Å²) < 4.78 is 5.17. The number of likely N-dealkylation sites (tertiary alicyclic amines) is 1. The Morgan fingerprint density at radius 3 is 2.39 bits per heavy atom. The van der Waals surface area contributed by atoms with E-state index in [2.05, 4.69) is 29.2 Å². The van der Waals surface area contributed by atoms with Crippen LogP contribution in [0.4, 0.5) is 0 Å². The van der Waals surface area contributed by atoms with Gasteiger partial charge in [-0.25, -0.2) is 0 Å². The van der Waals surface area contributed by atoms with Crippen LogP contribution in [0.15, 0.2) is 29.4 Å². The maximum Gasteiger partial charge on any atom is 0.243 e. The van der Waals surface area contributed by atoms with E-state index in [1.54, 1.807) is 12.0 Å². The Hall–Kier alpha value is -2.61. The molecule has 0 bridgehead atoms. The topological polar surface area (TPSA) is 83.5 Å². The molecule has 2 amide bonds. The van der Waals surface area contributed by atoms with Crippen molar-refractivity contribution in [1.29, 1.82) is 0 Å². The largest absolute Gasteiger partial charge is 0.497 e. The Morgan fingerprint density at radius 1 is 1.15 bits per heavy atom. The lowest BCUT2D eigenvalue weighted by Crippen LogP contribution is -2.49. The lowest BCUT2D eigenvalue weighted by Gasteiger charge is -2.27.